The van der Waals surface area contributed by atoms with Crippen LogP contribution in [0.2, 0.25) is 0 Å². The first-order chi connectivity index (χ1) is 20.6. The summed E-state index contributed by atoms with van der Waals surface area (Å²) in [6.45, 7) is 0. The van der Waals surface area contributed by atoms with E-state index in [9.17, 15) is 0 Å². The molecule has 1 aliphatic rings. The van der Waals surface area contributed by atoms with Gasteiger partial charge in [0.05, 0.1) is 0 Å². The maximum Gasteiger partial charge on any atom is -0.0240 e. The van der Waals surface area contributed by atoms with Gasteiger partial charge in [-0.15, -0.1) is 40.6 Å². The van der Waals surface area contributed by atoms with Crippen molar-refractivity contribution in [2.75, 3.05) is 0 Å². The van der Waals surface area contributed by atoms with Gasteiger partial charge < -0.3 is 24.8 Å². The van der Waals surface area contributed by atoms with Gasteiger partial charge in [-0.05, 0) is 28.5 Å². The topological polar surface area (TPSA) is 0 Å². The Hall–Kier alpha value is -2.53. The van der Waals surface area contributed by atoms with Crippen LogP contribution in [-0.2, 0) is 30.3 Å². The van der Waals surface area contributed by atoms with Crippen molar-refractivity contribution in [1.29, 1.82) is 0 Å². The summed E-state index contributed by atoms with van der Waals surface area (Å²) >= 11 is 7.96. The first-order valence-electron chi connectivity index (χ1n) is 13.8. The van der Waals surface area contributed by atoms with Crippen molar-refractivity contribution in [3.8, 4) is 11.1 Å². The molecule has 0 aliphatic heterocycles. The molecule has 7 aromatic rings. The summed E-state index contributed by atoms with van der Waals surface area (Å²) in [6, 6.07) is 54.3. The van der Waals surface area contributed by atoms with Gasteiger partial charge in [-0.2, -0.15) is 18.2 Å². The van der Waals surface area contributed by atoms with Crippen molar-refractivity contribution in [2.24, 2.45) is 0 Å². The fraction of sp³-hybridized carbons (Fsp3) is 0.0256. The van der Waals surface area contributed by atoms with Crippen LogP contribution in [0.3, 0.4) is 0 Å². The minimum atomic E-state index is 0. The summed E-state index contributed by atoms with van der Waals surface area (Å²) in [4.78, 5) is 0. The minimum Gasteiger partial charge on any atom is -1.00 e. The fourth-order valence-electron chi connectivity index (χ4n) is 5.45. The van der Waals surface area contributed by atoms with Crippen LogP contribution in [0.15, 0.2) is 155 Å². The van der Waals surface area contributed by atoms with Crippen molar-refractivity contribution >= 4 is 56.7 Å². The van der Waals surface area contributed by atoms with Crippen LogP contribution < -0.4 is 24.8 Å². The Morgan fingerprint density at radius 2 is 1.16 bits per heavy atom. The van der Waals surface area contributed by atoms with Crippen LogP contribution in [0.25, 0.3) is 32.7 Å². The van der Waals surface area contributed by atoms with E-state index in [1.807, 2.05) is 36.4 Å². The molecule has 0 amide bonds. The zero-order valence-corrected chi connectivity index (χ0v) is 31.9. The maximum absolute atomic E-state index is 3.48. The van der Waals surface area contributed by atoms with Crippen molar-refractivity contribution < 1.29 is 48.7 Å². The first kappa shape index (κ1) is 34.3. The van der Waals surface area contributed by atoms with Gasteiger partial charge in [-0.3, -0.25) is 0 Å². The number of benzene rings is 6. The molecule has 44 heavy (non-hydrogen) atoms. The summed E-state index contributed by atoms with van der Waals surface area (Å²) < 4.78 is 3.68. The minimum absolute atomic E-state index is 0. The first-order valence-corrected chi connectivity index (χ1v) is 17.2. The van der Waals surface area contributed by atoms with E-state index in [0.29, 0.717) is 0 Å². The Labute approximate surface area is 303 Å². The molecule has 0 unspecified atom stereocenters. The van der Waals surface area contributed by atoms with Gasteiger partial charge in [0.25, 0.3) is 0 Å². The van der Waals surface area contributed by atoms with Crippen LogP contribution in [0.5, 0.6) is 0 Å². The van der Waals surface area contributed by atoms with Gasteiger partial charge in [0.1, 0.15) is 0 Å². The van der Waals surface area contributed by atoms with Crippen LogP contribution in [0.1, 0.15) is 22.3 Å². The number of fused-ring (bicyclic) bond motifs is 8. The SMILES string of the molecule is Brc1ccc([C](=[Hf+2])c2ccc(Br)cc2)cc1.[Cl-].[Cl-].[c-]1cccc2c1c1c(c3ccccc32)-c2ccccc2C1.c1cc[cH-]c1. The molecule has 216 valence electrons. The second-order valence-electron chi connectivity index (χ2n) is 10.0. The van der Waals surface area contributed by atoms with Crippen molar-refractivity contribution in [1.82, 2.24) is 0 Å². The van der Waals surface area contributed by atoms with E-state index in [1.165, 1.54) is 58.2 Å². The predicted octanol–water partition coefficient (Wildman–Crippen LogP) is 5.11. The smallest absolute Gasteiger partial charge is 0.0240 e. The summed E-state index contributed by atoms with van der Waals surface area (Å²) in [5.41, 5.74) is 8.31. The van der Waals surface area contributed by atoms with Crippen LogP contribution >= 0.6 is 31.9 Å². The molecule has 0 fully saturated rings. The molecule has 0 heterocycles. The normalized spacial score (nSPS) is 10.6. The fourth-order valence-corrected chi connectivity index (χ4v) is 7.17. The molecular weight excluding hydrogens is 878 g/mol. The molecule has 0 N–H and O–H groups in total. The van der Waals surface area contributed by atoms with Crippen molar-refractivity contribution in [3.63, 3.8) is 0 Å². The molecular formula is C39H26Br2Cl2Hf-2. The van der Waals surface area contributed by atoms with Crippen LogP contribution in [0.4, 0.5) is 0 Å². The summed E-state index contributed by atoms with van der Waals surface area (Å²) in [7, 11) is 0. The van der Waals surface area contributed by atoms with E-state index in [4.69, 9.17) is 0 Å². The molecule has 1 aliphatic carbocycles. The molecule has 0 saturated carbocycles. The quantitative estimate of drug-likeness (QED) is 0.129. The number of halogens is 4. The van der Waals surface area contributed by atoms with E-state index in [1.54, 1.807) is 0 Å². The molecule has 0 aromatic heterocycles. The Bertz CT molecular complexity index is 1920. The Morgan fingerprint density at radius 3 is 1.75 bits per heavy atom. The number of hydrogen-bond donors (Lipinski definition) is 0. The van der Waals surface area contributed by atoms with Crippen molar-refractivity contribution in [2.45, 2.75) is 6.42 Å². The average molecular weight is 904 g/mol. The maximum atomic E-state index is 3.48. The van der Waals surface area contributed by atoms with Crippen LogP contribution in [0, 0.1) is 6.07 Å². The molecule has 0 spiro atoms. The largest absolute Gasteiger partial charge is 1.00 e. The third-order valence-corrected chi connectivity index (χ3v) is 10.6. The molecule has 8 rings (SSSR count). The number of rotatable bonds is 2. The molecule has 0 saturated heterocycles. The van der Waals surface area contributed by atoms with E-state index in [0.717, 1.165) is 39.3 Å². The van der Waals surface area contributed by atoms with Gasteiger partial charge >= 0.3 is 128 Å². The third-order valence-electron chi connectivity index (χ3n) is 7.42. The van der Waals surface area contributed by atoms with Crippen molar-refractivity contribution in [3.05, 3.63) is 183 Å². The predicted molar refractivity (Wildman–Crippen MR) is 182 cm³/mol. The van der Waals surface area contributed by atoms with Gasteiger partial charge in [-0.1, -0.05) is 53.9 Å². The van der Waals surface area contributed by atoms with E-state index < -0.39 is 0 Å². The van der Waals surface area contributed by atoms with Gasteiger partial charge in [0, 0.05) is 0 Å². The number of hydrogen-bond acceptors (Lipinski definition) is 0. The van der Waals surface area contributed by atoms with E-state index in [-0.39, 0.29) is 24.8 Å². The van der Waals surface area contributed by atoms with Gasteiger partial charge in [-0.25, -0.2) is 12.1 Å². The average Bonchev–Trinajstić information content (AvgIpc) is 3.75. The molecule has 0 bridgehead atoms. The summed E-state index contributed by atoms with van der Waals surface area (Å²) in [5.74, 6) is 0. The second-order valence-corrected chi connectivity index (χ2v) is 13.7. The molecule has 7 aromatic carbocycles. The van der Waals surface area contributed by atoms with E-state index >= 15 is 0 Å². The molecule has 5 heteroatoms. The summed E-state index contributed by atoms with van der Waals surface area (Å²) in [6.07, 6.45) is 1.02. The standard InChI is InChI=1S/C21H13.C13H8Br2.C5H5.2ClH.Hf/c1-2-8-15-14(7-1)13-20-18-11-4-3-9-16(18)17-10-5-6-12-19(17)21(15)20;14-12-5-1-10(2-6-12)9-11-3-7-13(15)8-4-11;1-2-4-5-3-1;;;/h1-10,12H,13H2;1-8H;1-5H;2*1H;/q-1;;-1;;;+2/p-2. The Morgan fingerprint density at radius 1 is 0.614 bits per heavy atom. The van der Waals surface area contributed by atoms with E-state index in [2.05, 4.69) is 147 Å². The third kappa shape index (κ3) is 7.63. The monoisotopic (exact) mass is 902 g/mol. The Balaban J connectivity index is 0.000000171. The zero-order chi connectivity index (χ0) is 28.9. The molecule has 0 radical (unpaired) electrons. The zero-order valence-electron chi connectivity index (χ0n) is 23.6. The van der Waals surface area contributed by atoms with Gasteiger partial charge in [0.15, 0.2) is 0 Å². The van der Waals surface area contributed by atoms with Crippen LogP contribution in [-0.4, -0.2) is 3.26 Å². The molecule has 0 atom stereocenters. The molecule has 0 nitrogen and oxygen atoms in total. The Kier molecular flexibility index (Phi) is 12.6. The second kappa shape index (κ2) is 16.2. The summed E-state index contributed by atoms with van der Waals surface area (Å²) in [5, 5.41) is 5.30. The van der Waals surface area contributed by atoms with Gasteiger partial charge in [0.2, 0.25) is 0 Å².